The number of thiol groups is 1. The average Bonchev–Trinajstić information content (AvgIpc) is 3.73. The van der Waals surface area contributed by atoms with Crippen molar-refractivity contribution < 1.29 is 0 Å². The molecule has 9 heteroatoms. The van der Waals surface area contributed by atoms with Crippen LogP contribution < -0.4 is 42.5 Å². The topological polar surface area (TPSA) is 96.2 Å². The summed E-state index contributed by atoms with van der Waals surface area (Å²) in [7, 11) is 0. The lowest BCUT2D eigenvalue weighted by Gasteiger charge is -2.37. The fourth-order valence-corrected chi connectivity index (χ4v) is 12.6. The molecule has 230 valence electrons. The Morgan fingerprint density at radius 1 is 0.293 bits per heavy atom. The first-order valence-electron chi connectivity index (χ1n) is 18.0. The summed E-state index contributed by atoms with van der Waals surface area (Å²) >= 11 is 5.24. The second-order valence-electron chi connectivity index (χ2n) is 15.7. The summed E-state index contributed by atoms with van der Waals surface area (Å²) < 4.78 is 0. The molecule has 4 saturated carbocycles. The van der Waals surface area contributed by atoms with E-state index in [-0.39, 0.29) is 0 Å². The monoisotopic (exact) mass is 584 g/mol. The maximum atomic E-state index is 5.24. The van der Waals surface area contributed by atoms with Crippen molar-refractivity contribution in [2.45, 2.75) is 151 Å². The smallest absolute Gasteiger partial charge is 0.0639 e. The van der Waals surface area contributed by atoms with E-state index in [1.807, 2.05) is 0 Å². The fourth-order valence-electron chi connectivity index (χ4n) is 12.0. The summed E-state index contributed by atoms with van der Waals surface area (Å²) in [5.41, 5.74) is 0. The highest BCUT2D eigenvalue weighted by molar-refractivity contribution is 7.81. The minimum atomic E-state index is 0.321. The lowest BCUT2D eigenvalue weighted by atomic mass is 9.76. The average molecular weight is 585 g/mol. The van der Waals surface area contributed by atoms with Gasteiger partial charge in [-0.1, -0.05) is 44.9 Å². The van der Waals surface area contributed by atoms with Gasteiger partial charge in [0, 0.05) is 11.2 Å². The van der Waals surface area contributed by atoms with Crippen molar-refractivity contribution in [2.24, 2.45) is 47.3 Å². The van der Waals surface area contributed by atoms with Crippen LogP contribution in [-0.2, 0) is 0 Å². The van der Waals surface area contributed by atoms with Crippen LogP contribution in [0.25, 0.3) is 0 Å². The third kappa shape index (κ3) is 4.70. The minimum Gasteiger partial charge on any atom is -0.286 e. The van der Waals surface area contributed by atoms with Crippen LogP contribution in [-0.4, -0.2) is 54.6 Å². The first kappa shape index (κ1) is 27.3. The molecular weight excluding hydrogens is 528 g/mol. The Kier molecular flexibility index (Phi) is 7.42. The highest BCUT2D eigenvalue weighted by Gasteiger charge is 2.55. The highest BCUT2D eigenvalue weighted by Crippen LogP contribution is 2.46. The molecule has 9 aliphatic rings. The van der Waals surface area contributed by atoms with Gasteiger partial charge in [-0.25, -0.2) is 0 Å². The van der Waals surface area contributed by atoms with Gasteiger partial charge in [-0.05, 0) is 92.8 Å². The van der Waals surface area contributed by atoms with Crippen LogP contribution in [0.5, 0.6) is 0 Å². The van der Waals surface area contributed by atoms with Gasteiger partial charge in [0.05, 0.1) is 49.3 Å². The number of nitrogens with one attached hydrogen (secondary N) is 8. The summed E-state index contributed by atoms with van der Waals surface area (Å²) in [6.45, 7) is 0. The van der Waals surface area contributed by atoms with Gasteiger partial charge >= 0.3 is 0 Å². The molecule has 5 heterocycles. The standard InChI is InChI=1S/C32H56N8S/c41-23-15-7-14-22-24(23)32-39-30-21-13-6-5-12-20(21)28(37-30)35-26-17-9-2-1-8-16(17)25(33-26)34-27-18-10-3-4-11-19(18)29(36-27)38-31(22)40-32/h16-41H,1-15H2. The normalized spacial score (nSPS) is 58.3. The predicted octanol–water partition coefficient (Wildman–Crippen LogP) is 2.51. The van der Waals surface area contributed by atoms with Gasteiger partial charge in [0.15, 0.2) is 0 Å². The van der Waals surface area contributed by atoms with Crippen molar-refractivity contribution in [3.63, 3.8) is 0 Å². The summed E-state index contributed by atoms with van der Waals surface area (Å²) in [5, 5.41) is 34.2. The predicted molar refractivity (Wildman–Crippen MR) is 165 cm³/mol. The molecule has 5 saturated heterocycles. The molecule has 8 N–H and O–H groups in total. The van der Waals surface area contributed by atoms with Gasteiger partial charge in [-0.3, -0.25) is 42.5 Å². The molecule has 41 heavy (non-hydrogen) atoms. The molecule has 9 rings (SSSR count). The maximum Gasteiger partial charge on any atom is 0.0639 e. The van der Waals surface area contributed by atoms with Crippen molar-refractivity contribution in [3.05, 3.63) is 0 Å². The summed E-state index contributed by atoms with van der Waals surface area (Å²) in [4.78, 5) is 0. The Morgan fingerprint density at radius 3 is 0.902 bits per heavy atom. The number of fused-ring (bicyclic) bond motifs is 20. The number of hydrogen-bond donors (Lipinski definition) is 9. The first-order chi connectivity index (χ1) is 20.2. The third-order valence-electron chi connectivity index (χ3n) is 13.9. The van der Waals surface area contributed by atoms with E-state index < -0.39 is 0 Å². The van der Waals surface area contributed by atoms with Crippen LogP contribution in [0.3, 0.4) is 0 Å². The Bertz CT molecular complexity index is 953. The summed E-state index contributed by atoms with van der Waals surface area (Å²) in [5.74, 6) is 5.57. The molecule has 0 aromatic carbocycles. The summed E-state index contributed by atoms with van der Waals surface area (Å²) in [6, 6.07) is 0. The van der Waals surface area contributed by atoms with Gasteiger partial charge in [0.2, 0.25) is 0 Å². The molecule has 0 spiro atoms. The van der Waals surface area contributed by atoms with E-state index >= 15 is 0 Å². The Balaban J connectivity index is 1.06. The largest absolute Gasteiger partial charge is 0.286 e. The van der Waals surface area contributed by atoms with E-state index in [9.17, 15) is 0 Å². The van der Waals surface area contributed by atoms with Gasteiger partial charge in [0.1, 0.15) is 0 Å². The Morgan fingerprint density at radius 2 is 0.561 bits per heavy atom. The summed E-state index contributed by atoms with van der Waals surface area (Å²) in [6.07, 6.45) is 23.4. The third-order valence-corrected chi connectivity index (χ3v) is 14.5. The molecule has 0 radical (unpaired) electrons. The van der Waals surface area contributed by atoms with E-state index in [2.05, 4.69) is 42.5 Å². The van der Waals surface area contributed by atoms with Gasteiger partial charge < -0.3 is 0 Å². The van der Waals surface area contributed by atoms with Gasteiger partial charge in [-0.2, -0.15) is 12.6 Å². The first-order valence-corrected chi connectivity index (χ1v) is 18.5. The van der Waals surface area contributed by atoms with Crippen molar-refractivity contribution in [3.8, 4) is 0 Å². The molecule has 17 atom stereocenters. The van der Waals surface area contributed by atoms with Crippen LogP contribution in [0, 0.1) is 47.3 Å². The molecule has 4 aliphatic carbocycles. The molecule has 17 unspecified atom stereocenters. The zero-order chi connectivity index (χ0) is 27.1. The highest BCUT2D eigenvalue weighted by atomic mass is 32.1. The van der Waals surface area contributed by atoms with Crippen LogP contribution in [0.15, 0.2) is 0 Å². The molecule has 0 aromatic rings. The zero-order valence-electron chi connectivity index (χ0n) is 24.9. The van der Waals surface area contributed by atoms with Gasteiger partial charge in [0.25, 0.3) is 0 Å². The van der Waals surface area contributed by atoms with Crippen molar-refractivity contribution in [2.75, 3.05) is 0 Å². The van der Waals surface area contributed by atoms with Crippen LogP contribution in [0.2, 0.25) is 0 Å². The van der Waals surface area contributed by atoms with E-state index in [0.717, 1.165) is 29.6 Å². The Hall–Kier alpha value is 0.0300. The molecular formula is C32H56N8S. The lowest BCUT2D eigenvalue weighted by Crippen LogP contribution is -2.61. The van der Waals surface area contributed by atoms with Crippen molar-refractivity contribution >= 4 is 12.6 Å². The van der Waals surface area contributed by atoms with Crippen molar-refractivity contribution in [1.29, 1.82) is 0 Å². The molecule has 0 amide bonds. The fraction of sp³-hybridized carbons (Fsp3) is 1.00. The Labute approximate surface area is 253 Å². The van der Waals surface area contributed by atoms with Crippen LogP contribution in [0.1, 0.15) is 96.3 Å². The molecule has 8 nitrogen and oxygen atoms in total. The SMILES string of the molecule is SC1CCCC2C3NC4NC(NC5NC(NC6NC(NC(N3)C12)C1CCCCC61)C1CCCCC51)C1CCCCC41. The van der Waals surface area contributed by atoms with Crippen molar-refractivity contribution in [1.82, 2.24) is 42.5 Å². The second kappa shape index (κ2) is 11.1. The number of rotatable bonds is 0. The quantitative estimate of drug-likeness (QED) is 0.201. The maximum absolute atomic E-state index is 5.24. The van der Waals surface area contributed by atoms with E-state index in [1.54, 1.807) is 0 Å². The number of hydrogen-bond acceptors (Lipinski definition) is 9. The van der Waals surface area contributed by atoms with E-state index in [1.165, 1.54) is 96.3 Å². The van der Waals surface area contributed by atoms with Gasteiger partial charge in [-0.15, -0.1) is 0 Å². The van der Waals surface area contributed by atoms with E-state index in [4.69, 9.17) is 12.6 Å². The molecule has 5 aliphatic heterocycles. The zero-order valence-corrected chi connectivity index (χ0v) is 25.8. The van der Waals surface area contributed by atoms with Crippen LogP contribution in [0.4, 0.5) is 0 Å². The lowest BCUT2D eigenvalue weighted by molar-refractivity contribution is 0.169. The molecule has 0 aromatic heterocycles. The molecule has 9 fully saturated rings. The van der Waals surface area contributed by atoms with Crippen LogP contribution >= 0.6 is 12.6 Å². The minimum absolute atomic E-state index is 0.321. The molecule has 8 bridgehead atoms. The van der Waals surface area contributed by atoms with E-state index in [0.29, 0.717) is 72.3 Å². The second-order valence-corrected chi connectivity index (χ2v) is 16.4.